The molecule has 1 saturated heterocycles. The molecule has 1 fully saturated rings. The summed E-state index contributed by atoms with van der Waals surface area (Å²) in [7, 11) is 0. The Labute approximate surface area is 113 Å². The number of rotatable bonds is 4. The molecule has 0 N–H and O–H groups in total. The van der Waals surface area contributed by atoms with E-state index in [9.17, 15) is 0 Å². The Bertz CT molecular complexity index is 532. The second-order valence-corrected chi connectivity index (χ2v) is 4.90. The molecule has 0 saturated carbocycles. The van der Waals surface area contributed by atoms with Crippen molar-refractivity contribution in [2.75, 3.05) is 32.8 Å². The van der Waals surface area contributed by atoms with Crippen molar-refractivity contribution in [1.82, 2.24) is 14.9 Å². The number of aryl methyl sites for hydroxylation is 1. The molecular weight excluding hydrogens is 238 g/mol. The molecule has 0 spiro atoms. The smallest absolute Gasteiger partial charge is 0.0918 e. The van der Waals surface area contributed by atoms with Gasteiger partial charge in [-0.15, -0.1) is 0 Å². The third-order valence-corrected chi connectivity index (χ3v) is 3.61. The number of hydrogen-bond donors (Lipinski definition) is 0. The summed E-state index contributed by atoms with van der Waals surface area (Å²) >= 11 is 0. The SMILES string of the molecule is c1cc(CCCN2CCOCC2)c2nccnc2c1. The Morgan fingerprint density at radius 1 is 1.11 bits per heavy atom. The van der Waals surface area contributed by atoms with Crippen LogP contribution in [0.1, 0.15) is 12.0 Å². The predicted octanol–water partition coefficient (Wildman–Crippen LogP) is 1.89. The number of hydrogen-bond acceptors (Lipinski definition) is 4. The van der Waals surface area contributed by atoms with Crippen LogP contribution in [0.2, 0.25) is 0 Å². The molecule has 4 heteroatoms. The van der Waals surface area contributed by atoms with Crippen LogP contribution in [0.15, 0.2) is 30.6 Å². The van der Waals surface area contributed by atoms with Gasteiger partial charge in [-0.1, -0.05) is 12.1 Å². The summed E-state index contributed by atoms with van der Waals surface area (Å²) in [5.74, 6) is 0. The molecule has 1 aliphatic rings. The Kier molecular flexibility index (Phi) is 4.01. The summed E-state index contributed by atoms with van der Waals surface area (Å²) in [5.41, 5.74) is 3.34. The van der Waals surface area contributed by atoms with Crippen LogP contribution in [0.5, 0.6) is 0 Å². The minimum absolute atomic E-state index is 0.875. The molecule has 0 aliphatic carbocycles. The largest absolute Gasteiger partial charge is 0.379 e. The van der Waals surface area contributed by atoms with Crippen molar-refractivity contribution in [1.29, 1.82) is 0 Å². The minimum Gasteiger partial charge on any atom is -0.379 e. The third-order valence-electron chi connectivity index (χ3n) is 3.61. The van der Waals surface area contributed by atoms with E-state index in [1.54, 1.807) is 12.4 Å². The monoisotopic (exact) mass is 257 g/mol. The first kappa shape index (κ1) is 12.5. The van der Waals surface area contributed by atoms with Gasteiger partial charge >= 0.3 is 0 Å². The van der Waals surface area contributed by atoms with Crippen molar-refractivity contribution >= 4 is 11.0 Å². The number of morpholine rings is 1. The van der Waals surface area contributed by atoms with Crippen LogP contribution in [0.25, 0.3) is 11.0 Å². The fourth-order valence-electron chi connectivity index (χ4n) is 2.57. The first-order valence-electron chi connectivity index (χ1n) is 6.92. The lowest BCUT2D eigenvalue weighted by atomic mass is 10.1. The lowest BCUT2D eigenvalue weighted by Gasteiger charge is -2.26. The standard InChI is InChI=1S/C15H19N3O/c1-3-13(15-14(5-1)16-6-7-17-15)4-2-8-18-9-11-19-12-10-18/h1,3,5-7H,2,4,8-12H2. The molecule has 2 heterocycles. The van der Waals surface area contributed by atoms with Gasteiger partial charge in [-0.25, -0.2) is 0 Å². The van der Waals surface area contributed by atoms with Crippen LogP contribution >= 0.6 is 0 Å². The molecule has 1 aromatic heterocycles. The van der Waals surface area contributed by atoms with Crippen molar-refractivity contribution in [3.8, 4) is 0 Å². The van der Waals surface area contributed by atoms with E-state index in [1.165, 1.54) is 5.56 Å². The molecule has 2 aromatic rings. The number of nitrogens with zero attached hydrogens (tertiary/aromatic N) is 3. The molecule has 0 radical (unpaired) electrons. The minimum atomic E-state index is 0.875. The van der Waals surface area contributed by atoms with E-state index < -0.39 is 0 Å². The molecule has 0 amide bonds. The Morgan fingerprint density at radius 3 is 2.84 bits per heavy atom. The van der Waals surface area contributed by atoms with Crippen LogP contribution in [-0.4, -0.2) is 47.7 Å². The van der Waals surface area contributed by atoms with Crippen LogP contribution in [0.3, 0.4) is 0 Å². The van der Waals surface area contributed by atoms with Gasteiger partial charge in [0.2, 0.25) is 0 Å². The zero-order valence-electron chi connectivity index (χ0n) is 11.1. The molecular formula is C15H19N3O. The van der Waals surface area contributed by atoms with Gasteiger partial charge in [0.25, 0.3) is 0 Å². The van der Waals surface area contributed by atoms with Crippen LogP contribution in [0.4, 0.5) is 0 Å². The summed E-state index contributed by atoms with van der Waals surface area (Å²) in [6.45, 7) is 5.02. The quantitative estimate of drug-likeness (QED) is 0.838. The van der Waals surface area contributed by atoms with Gasteiger partial charge in [-0.3, -0.25) is 14.9 Å². The number of para-hydroxylation sites is 1. The maximum absolute atomic E-state index is 5.36. The van der Waals surface area contributed by atoms with Gasteiger partial charge in [-0.05, 0) is 31.0 Å². The van der Waals surface area contributed by atoms with E-state index in [4.69, 9.17) is 4.74 Å². The van der Waals surface area contributed by atoms with Crippen molar-refractivity contribution < 1.29 is 4.74 Å². The fourth-order valence-corrected chi connectivity index (χ4v) is 2.57. The van der Waals surface area contributed by atoms with Gasteiger partial charge in [0.1, 0.15) is 0 Å². The molecule has 1 aromatic carbocycles. The summed E-state index contributed by atoms with van der Waals surface area (Å²) in [4.78, 5) is 11.3. The van der Waals surface area contributed by atoms with Gasteiger partial charge in [-0.2, -0.15) is 0 Å². The highest BCUT2D eigenvalue weighted by Crippen LogP contribution is 2.15. The second kappa shape index (κ2) is 6.08. The van der Waals surface area contributed by atoms with Gasteiger partial charge in [0.15, 0.2) is 0 Å². The topological polar surface area (TPSA) is 38.2 Å². The summed E-state index contributed by atoms with van der Waals surface area (Å²) in [6.07, 6.45) is 5.75. The highest BCUT2D eigenvalue weighted by Gasteiger charge is 2.10. The first-order chi connectivity index (χ1) is 9.43. The number of ether oxygens (including phenoxy) is 1. The normalized spacial score (nSPS) is 16.8. The highest BCUT2D eigenvalue weighted by molar-refractivity contribution is 5.77. The molecule has 3 rings (SSSR count). The molecule has 1 aliphatic heterocycles. The zero-order valence-corrected chi connectivity index (χ0v) is 11.1. The highest BCUT2D eigenvalue weighted by atomic mass is 16.5. The van der Waals surface area contributed by atoms with E-state index in [1.807, 2.05) is 6.07 Å². The molecule has 0 unspecified atom stereocenters. The van der Waals surface area contributed by atoms with Crippen LogP contribution in [-0.2, 0) is 11.2 Å². The van der Waals surface area contributed by atoms with E-state index >= 15 is 0 Å². The average molecular weight is 257 g/mol. The Balaban J connectivity index is 1.62. The molecule has 0 bridgehead atoms. The maximum Gasteiger partial charge on any atom is 0.0918 e. The predicted molar refractivity (Wildman–Crippen MR) is 75.1 cm³/mol. The lowest BCUT2D eigenvalue weighted by molar-refractivity contribution is 0.0375. The van der Waals surface area contributed by atoms with E-state index in [-0.39, 0.29) is 0 Å². The average Bonchev–Trinajstić information content (AvgIpc) is 2.49. The van der Waals surface area contributed by atoms with Crippen LogP contribution in [0, 0.1) is 0 Å². The zero-order chi connectivity index (χ0) is 12.9. The molecule has 4 nitrogen and oxygen atoms in total. The maximum atomic E-state index is 5.36. The molecule has 19 heavy (non-hydrogen) atoms. The second-order valence-electron chi connectivity index (χ2n) is 4.90. The van der Waals surface area contributed by atoms with Crippen LogP contribution < -0.4 is 0 Å². The lowest BCUT2D eigenvalue weighted by Crippen LogP contribution is -2.36. The fraction of sp³-hybridized carbons (Fsp3) is 0.467. The summed E-state index contributed by atoms with van der Waals surface area (Å²) in [5, 5.41) is 0. The summed E-state index contributed by atoms with van der Waals surface area (Å²) < 4.78 is 5.36. The van der Waals surface area contributed by atoms with E-state index in [0.717, 1.165) is 56.7 Å². The van der Waals surface area contributed by atoms with Crippen molar-refractivity contribution in [2.45, 2.75) is 12.8 Å². The van der Waals surface area contributed by atoms with Gasteiger partial charge < -0.3 is 4.74 Å². The van der Waals surface area contributed by atoms with Crippen molar-refractivity contribution in [3.05, 3.63) is 36.2 Å². The summed E-state index contributed by atoms with van der Waals surface area (Å²) in [6, 6.07) is 6.26. The third kappa shape index (κ3) is 3.08. The number of aromatic nitrogens is 2. The Hall–Kier alpha value is -1.52. The Morgan fingerprint density at radius 2 is 1.95 bits per heavy atom. The van der Waals surface area contributed by atoms with E-state index in [0.29, 0.717) is 0 Å². The van der Waals surface area contributed by atoms with Crippen molar-refractivity contribution in [2.24, 2.45) is 0 Å². The van der Waals surface area contributed by atoms with E-state index in [2.05, 4.69) is 27.0 Å². The van der Waals surface area contributed by atoms with Crippen molar-refractivity contribution in [3.63, 3.8) is 0 Å². The first-order valence-corrected chi connectivity index (χ1v) is 6.92. The molecule has 0 atom stereocenters. The van der Waals surface area contributed by atoms with Gasteiger partial charge in [0.05, 0.1) is 24.2 Å². The van der Waals surface area contributed by atoms with Gasteiger partial charge in [0, 0.05) is 25.5 Å². The molecule has 100 valence electrons. The number of fused-ring (bicyclic) bond motifs is 1. The number of benzene rings is 1.